The first-order valence-corrected chi connectivity index (χ1v) is 7.78. The Morgan fingerprint density at radius 2 is 2.16 bits per heavy atom. The Morgan fingerprint density at radius 1 is 1.37 bits per heavy atom. The van der Waals surface area contributed by atoms with E-state index in [0.29, 0.717) is 5.92 Å². The summed E-state index contributed by atoms with van der Waals surface area (Å²) < 4.78 is 2.10. The zero-order valence-corrected chi connectivity index (χ0v) is 12.6. The van der Waals surface area contributed by atoms with Crippen molar-refractivity contribution in [2.75, 3.05) is 13.1 Å². The Kier molecular flexibility index (Phi) is 5.37. The fourth-order valence-corrected chi connectivity index (χ4v) is 3.16. The minimum Gasteiger partial charge on any atom is -0.317 e. The highest BCUT2D eigenvalue weighted by atomic mass is 15.3. The Bertz CT molecular complexity index is 372. The summed E-state index contributed by atoms with van der Waals surface area (Å²) in [6.45, 7) is 9.87. The van der Waals surface area contributed by atoms with E-state index in [1.807, 2.05) is 0 Å². The van der Waals surface area contributed by atoms with Gasteiger partial charge < -0.3 is 5.32 Å². The Hall–Kier alpha value is -0.900. The fraction of sp³-hybridized carbons (Fsp3) is 0.867. The average molecular weight is 264 g/mol. The lowest BCUT2D eigenvalue weighted by Crippen LogP contribution is -2.26. The van der Waals surface area contributed by atoms with Gasteiger partial charge in [-0.05, 0) is 43.7 Å². The van der Waals surface area contributed by atoms with Gasteiger partial charge in [0.25, 0.3) is 0 Å². The minimum absolute atomic E-state index is 0.626. The first kappa shape index (κ1) is 14.5. The lowest BCUT2D eigenvalue weighted by molar-refractivity contribution is 0.351. The highest BCUT2D eigenvalue weighted by Gasteiger charge is 2.28. The van der Waals surface area contributed by atoms with Crippen LogP contribution in [-0.2, 0) is 13.0 Å². The molecule has 0 amide bonds. The van der Waals surface area contributed by atoms with Gasteiger partial charge >= 0.3 is 0 Å². The van der Waals surface area contributed by atoms with E-state index >= 15 is 0 Å². The van der Waals surface area contributed by atoms with Crippen molar-refractivity contribution < 1.29 is 0 Å². The molecule has 1 N–H and O–H groups in total. The number of nitrogens with zero attached hydrogens (tertiary/aromatic N) is 3. The van der Waals surface area contributed by atoms with Crippen LogP contribution in [0.4, 0.5) is 0 Å². The fourth-order valence-electron chi connectivity index (χ4n) is 3.16. The molecule has 0 spiro atoms. The summed E-state index contributed by atoms with van der Waals surface area (Å²) in [6.07, 6.45) is 6.91. The van der Waals surface area contributed by atoms with Gasteiger partial charge in [-0.1, -0.05) is 27.2 Å². The molecule has 19 heavy (non-hydrogen) atoms. The minimum atomic E-state index is 0.626. The molecule has 2 rings (SSSR count). The molecule has 1 aromatic heterocycles. The molecule has 1 aromatic rings. The maximum atomic E-state index is 4.48. The molecule has 1 aliphatic rings. The van der Waals surface area contributed by atoms with Crippen LogP contribution in [-0.4, -0.2) is 27.9 Å². The largest absolute Gasteiger partial charge is 0.317 e. The van der Waals surface area contributed by atoms with E-state index < -0.39 is 0 Å². The van der Waals surface area contributed by atoms with E-state index in [4.69, 9.17) is 0 Å². The summed E-state index contributed by atoms with van der Waals surface area (Å²) in [7, 11) is 0. The standard InChI is InChI=1S/C15H28N4/c1-4-16-9-14-7-5-6-13(14)8-15-17-11-18-19(15)10-12(2)3/h11-14,16H,4-10H2,1-3H3. The van der Waals surface area contributed by atoms with Crippen molar-refractivity contribution in [3.8, 4) is 0 Å². The quantitative estimate of drug-likeness (QED) is 0.823. The topological polar surface area (TPSA) is 42.7 Å². The molecule has 1 saturated carbocycles. The van der Waals surface area contributed by atoms with Gasteiger partial charge in [0.05, 0.1) is 0 Å². The van der Waals surface area contributed by atoms with Gasteiger partial charge in [-0.15, -0.1) is 0 Å². The lowest BCUT2D eigenvalue weighted by atomic mass is 9.92. The summed E-state index contributed by atoms with van der Waals surface area (Å²) in [5, 5.41) is 7.88. The van der Waals surface area contributed by atoms with E-state index in [1.165, 1.54) is 31.6 Å². The second kappa shape index (κ2) is 7.04. The maximum absolute atomic E-state index is 4.48. The summed E-state index contributed by atoms with van der Waals surface area (Å²) in [4.78, 5) is 4.48. The van der Waals surface area contributed by atoms with Crippen LogP contribution in [0.2, 0.25) is 0 Å². The molecule has 2 unspecified atom stereocenters. The van der Waals surface area contributed by atoms with E-state index in [0.717, 1.165) is 31.3 Å². The molecule has 4 heteroatoms. The molecule has 0 saturated heterocycles. The number of aromatic nitrogens is 3. The van der Waals surface area contributed by atoms with Crippen LogP contribution >= 0.6 is 0 Å². The van der Waals surface area contributed by atoms with E-state index in [2.05, 4.69) is 40.9 Å². The zero-order chi connectivity index (χ0) is 13.7. The number of rotatable bonds is 7. The molecule has 108 valence electrons. The van der Waals surface area contributed by atoms with E-state index in [-0.39, 0.29) is 0 Å². The van der Waals surface area contributed by atoms with Gasteiger partial charge in [0, 0.05) is 13.0 Å². The molecule has 1 heterocycles. The van der Waals surface area contributed by atoms with Crippen LogP contribution in [0.25, 0.3) is 0 Å². The van der Waals surface area contributed by atoms with Crippen molar-refractivity contribution in [2.45, 2.75) is 53.0 Å². The molecule has 4 nitrogen and oxygen atoms in total. The monoisotopic (exact) mass is 264 g/mol. The van der Waals surface area contributed by atoms with Gasteiger partial charge in [-0.3, -0.25) is 0 Å². The molecular weight excluding hydrogens is 236 g/mol. The Morgan fingerprint density at radius 3 is 2.89 bits per heavy atom. The third-order valence-corrected chi connectivity index (χ3v) is 4.15. The second-order valence-electron chi connectivity index (χ2n) is 6.22. The van der Waals surface area contributed by atoms with Crippen LogP contribution in [0, 0.1) is 17.8 Å². The van der Waals surface area contributed by atoms with Crippen LogP contribution in [0.5, 0.6) is 0 Å². The first-order valence-electron chi connectivity index (χ1n) is 7.78. The molecule has 1 fully saturated rings. The van der Waals surface area contributed by atoms with Crippen molar-refractivity contribution in [1.82, 2.24) is 20.1 Å². The molecule has 0 aromatic carbocycles. The van der Waals surface area contributed by atoms with Crippen molar-refractivity contribution in [3.05, 3.63) is 12.2 Å². The molecular formula is C15H28N4. The lowest BCUT2D eigenvalue weighted by Gasteiger charge is -2.20. The summed E-state index contributed by atoms with van der Waals surface area (Å²) in [5.74, 6) is 3.42. The number of nitrogens with one attached hydrogen (secondary N) is 1. The van der Waals surface area contributed by atoms with Gasteiger partial charge in [-0.25, -0.2) is 9.67 Å². The third kappa shape index (κ3) is 4.03. The van der Waals surface area contributed by atoms with Gasteiger partial charge in [0.15, 0.2) is 0 Å². The zero-order valence-electron chi connectivity index (χ0n) is 12.6. The summed E-state index contributed by atoms with van der Waals surface area (Å²) >= 11 is 0. The third-order valence-electron chi connectivity index (χ3n) is 4.15. The van der Waals surface area contributed by atoms with Crippen molar-refractivity contribution in [3.63, 3.8) is 0 Å². The average Bonchev–Trinajstić information content (AvgIpc) is 2.97. The number of hydrogen-bond acceptors (Lipinski definition) is 3. The molecule has 2 atom stereocenters. The Labute approximate surface area is 117 Å². The SMILES string of the molecule is CCNCC1CCCC1Cc1ncnn1CC(C)C. The van der Waals surface area contributed by atoms with Gasteiger partial charge in [0.1, 0.15) is 12.2 Å². The van der Waals surface area contributed by atoms with Crippen molar-refractivity contribution in [2.24, 2.45) is 17.8 Å². The Balaban J connectivity index is 1.94. The highest BCUT2D eigenvalue weighted by molar-refractivity contribution is 4.92. The smallest absolute Gasteiger partial charge is 0.138 e. The molecule has 0 radical (unpaired) electrons. The first-order chi connectivity index (χ1) is 9.20. The van der Waals surface area contributed by atoms with E-state index in [9.17, 15) is 0 Å². The number of hydrogen-bond donors (Lipinski definition) is 1. The van der Waals surface area contributed by atoms with Crippen LogP contribution < -0.4 is 5.32 Å². The van der Waals surface area contributed by atoms with Crippen LogP contribution in [0.1, 0.15) is 45.9 Å². The molecule has 1 aliphatic carbocycles. The van der Waals surface area contributed by atoms with Gasteiger partial charge in [0.2, 0.25) is 0 Å². The molecule has 0 aliphatic heterocycles. The van der Waals surface area contributed by atoms with Gasteiger partial charge in [-0.2, -0.15) is 5.10 Å². The predicted octanol–water partition coefficient (Wildman–Crippen LogP) is 2.50. The summed E-state index contributed by atoms with van der Waals surface area (Å²) in [5.41, 5.74) is 0. The van der Waals surface area contributed by atoms with Crippen LogP contribution in [0.15, 0.2) is 6.33 Å². The van der Waals surface area contributed by atoms with Crippen LogP contribution in [0.3, 0.4) is 0 Å². The van der Waals surface area contributed by atoms with Crippen molar-refractivity contribution >= 4 is 0 Å². The second-order valence-corrected chi connectivity index (χ2v) is 6.22. The molecule has 0 bridgehead atoms. The summed E-state index contributed by atoms with van der Waals surface area (Å²) in [6, 6.07) is 0. The van der Waals surface area contributed by atoms with E-state index in [1.54, 1.807) is 6.33 Å². The normalized spacial score (nSPS) is 23.4. The maximum Gasteiger partial charge on any atom is 0.138 e. The van der Waals surface area contributed by atoms with Crippen molar-refractivity contribution in [1.29, 1.82) is 0 Å². The predicted molar refractivity (Wildman–Crippen MR) is 77.9 cm³/mol. The highest BCUT2D eigenvalue weighted by Crippen LogP contribution is 2.33.